The van der Waals surface area contributed by atoms with Gasteiger partial charge in [-0.05, 0) is 65.9 Å². The molecule has 34 heavy (non-hydrogen) atoms. The van der Waals surface area contributed by atoms with Crippen molar-refractivity contribution in [1.29, 1.82) is 0 Å². The van der Waals surface area contributed by atoms with E-state index in [-0.39, 0.29) is 5.91 Å². The molecule has 1 fully saturated rings. The molecular formula is C30H29N3O. The zero-order chi connectivity index (χ0) is 23.2. The van der Waals surface area contributed by atoms with E-state index < -0.39 is 0 Å². The Kier molecular flexibility index (Phi) is 6.78. The highest BCUT2D eigenvalue weighted by atomic mass is 16.1. The molecule has 1 atom stereocenters. The molecule has 1 amide bonds. The predicted octanol–water partition coefficient (Wildman–Crippen LogP) is 6.53. The lowest BCUT2D eigenvalue weighted by Gasteiger charge is -2.18. The van der Waals surface area contributed by atoms with Crippen molar-refractivity contribution < 1.29 is 4.79 Å². The fourth-order valence-electron chi connectivity index (χ4n) is 4.73. The maximum absolute atomic E-state index is 13.3. The first-order chi connectivity index (χ1) is 16.8. The van der Waals surface area contributed by atoms with Gasteiger partial charge in [-0.25, -0.2) is 0 Å². The topological polar surface area (TPSA) is 54.0 Å². The van der Waals surface area contributed by atoms with Crippen LogP contribution < -0.4 is 10.6 Å². The Bertz CT molecular complexity index is 1260. The molecule has 0 radical (unpaired) electrons. The molecule has 2 heterocycles. The molecule has 3 aromatic carbocycles. The number of anilines is 1. The summed E-state index contributed by atoms with van der Waals surface area (Å²) < 4.78 is 0. The van der Waals surface area contributed by atoms with E-state index in [2.05, 4.69) is 52.0 Å². The highest BCUT2D eigenvalue weighted by molar-refractivity contribution is 6.05. The summed E-state index contributed by atoms with van der Waals surface area (Å²) in [4.78, 5) is 17.9. The Morgan fingerprint density at radius 1 is 0.824 bits per heavy atom. The summed E-state index contributed by atoms with van der Waals surface area (Å²) in [6.07, 6.45) is 5.25. The van der Waals surface area contributed by atoms with E-state index >= 15 is 0 Å². The van der Waals surface area contributed by atoms with Crippen molar-refractivity contribution in [3.8, 4) is 22.3 Å². The lowest BCUT2D eigenvalue weighted by molar-refractivity contribution is 0.102. The van der Waals surface area contributed by atoms with Crippen molar-refractivity contribution in [3.63, 3.8) is 0 Å². The van der Waals surface area contributed by atoms with E-state index in [0.29, 0.717) is 11.5 Å². The van der Waals surface area contributed by atoms with Crippen LogP contribution in [-0.2, 0) is 0 Å². The third-order valence-corrected chi connectivity index (χ3v) is 6.47. The maximum atomic E-state index is 13.3. The number of nitrogens with one attached hydrogen (secondary N) is 2. The van der Waals surface area contributed by atoms with Crippen molar-refractivity contribution in [3.05, 3.63) is 108 Å². The van der Waals surface area contributed by atoms with Crippen molar-refractivity contribution in [1.82, 2.24) is 10.3 Å². The molecule has 0 bridgehead atoms. The van der Waals surface area contributed by atoms with Crippen molar-refractivity contribution in [2.24, 2.45) is 0 Å². The van der Waals surface area contributed by atoms with Gasteiger partial charge in [0.05, 0.1) is 11.4 Å². The number of benzene rings is 3. The number of pyridine rings is 1. The number of hydrogen-bond acceptors (Lipinski definition) is 3. The summed E-state index contributed by atoms with van der Waals surface area (Å²) in [5.41, 5.74) is 6.84. The molecule has 1 saturated heterocycles. The van der Waals surface area contributed by atoms with Crippen LogP contribution in [0.15, 0.2) is 97.2 Å². The number of aromatic nitrogens is 1. The van der Waals surface area contributed by atoms with Crippen LogP contribution in [0.2, 0.25) is 0 Å². The first-order valence-electron chi connectivity index (χ1n) is 12.0. The molecule has 1 unspecified atom stereocenters. The highest BCUT2D eigenvalue weighted by Crippen LogP contribution is 2.33. The summed E-state index contributed by atoms with van der Waals surface area (Å²) in [5, 5.41) is 6.64. The van der Waals surface area contributed by atoms with Crippen LogP contribution in [0, 0.1) is 0 Å². The van der Waals surface area contributed by atoms with Crippen LogP contribution in [0.25, 0.3) is 22.3 Å². The minimum atomic E-state index is -0.116. The maximum Gasteiger partial charge on any atom is 0.255 e. The van der Waals surface area contributed by atoms with Crippen molar-refractivity contribution in [2.75, 3.05) is 18.4 Å². The smallest absolute Gasteiger partial charge is 0.255 e. The summed E-state index contributed by atoms with van der Waals surface area (Å²) in [6, 6.07) is 30.4. The van der Waals surface area contributed by atoms with Gasteiger partial charge in [-0.1, -0.05) is 73.2 Å². The summed E-state index contributed by atoms with van der Waals surface area (Å²) in [5.74, 6) is 0.193. The van der Waals surface area contributed by atoms with Crippen LogP contribution in [0.5, 0.6) is 0 Å². The fourth-order valence-corrected chi connectivity index (χ4v) is 4.73. The van der Waals surface area contributed by atoms with Gasteiger partial charge >= 0.3 is 0 Å². The van der Waals surface area contributed by atoms with E-state index in [1.54, 1.807) is 0 Å². The number of amides is 1. The van der Waals surface area contributed by atoms with E-state index in [1.807, 2.05) is 60.8 Å². The van der Waals surface area contributed by atoms with Crippen LogP contribution in [-0.4, -0.2) is 24.0 Å². The molecular weight excluding hydrogens is 418 g/mol. The zero-order valence-electron chi connectivity index (χ0n) is 19.2. The van der Waals surface area contributed by atoms with E-state index in [9.17, 15) is 4.79 Å². The van der Waals surface area contributed by atoms with E-state index in [1.165, 1.54) is 12.8 Å². The second-order valence-electron chi connectivity index (χ2n) is 8.78. The SMILES string of the molecule is O=C(Nc1cccnc1C1CCCCNC1)c1cccc(-c2ccccc2-c2ccccc2)c1. The summed E-state index contributed by atoms with van der Waals surface area (Å²) in [7, 11) is 0. The van der Waals surface area contributed by atoms with Crippen LogP contribution >= 0.6 is 0 Å². The van der Waals surface area contributed by atoms with Gasteiger partial charge in [0.25, 0.3) is 5.91 Å². The molecule has 1 aliphatic heterocycles. The quantitative estimate of drug-likeness (QED) is 0.366. The van der Waals surface area contributed by atoms with Gasteiger partial charge in [0.1, 0.15) is 0 Å². The lowest BCUT2D eigenvalue weighted by atomic mass is 9.93. The molecule has 0 spiro atoms. The molecule has 1 aliphatic rings. The average Bonchev–Trinajstić information content (AvgIpc) is 3.19. The van der Waals surface area contributed by atoms with Crippen LogP contribution in [0.3, 0.4) is 0 Å². The third kappa shape index (κ3) is 4.92. The van der Waals surface area contributed by atoms with Crippen LogP contribution in [0.1, 0.15) is 41.2 Å². The van der Waals surface area contributed by atoms with Gasteiger partial charge in [-0.15, -0.1) is 0 Å². The Balaban J connectivity index is 1.42. The Morgan fingerprint density at radius 3 is 2.44 bits per heavy atom. The second kappa shape index (κ2) is 10.4. The molecule has 4 heteroatoms. The van der Waals surface area contributed by atoms with Crippen LogP contribution in [0.4, 0.5) is 5.69 Å². The summed E-state index contributed by atoms with van der Waals surface area (Å²) in [6.45, 7) is 1.94. The molecule has 0 aliphatic carbocycles. The minimum absolute atomic E-state index is 0.116. The molecule has 2 N–H and O–H groups in total. The van der Waals surface area contributed by atoms with Gasteiger partial charge in [-0.3, -0.25) is 9.78 Å². The van der Waals surface area contributed by atoms with Gasteiger partial charge in [0.15, 0.2) is 0 Å². The number of carbonyl (C=O) groups is 1. The van der Waals surface area contributed by atoms with Gasteiger partial charge in [-0.2, -0.15) is 0 Å². The molecule has 170 valence electrons. The Hall–Kier alpha value is -3.76. The monoisotopic (exact) mass is 447 g/mol. The first kappa shape index (κ1) is 22.1. The second-order valence-corrected chi connectivity index (χ2v) is 8.78. The normalized spacial score (nSPS) is 15.9. The third-order valence-electron chi connectivity index (χ3n) is 6.47. The first-order valence-corrected chi connectivity index (χ1v) is 12.0. The number of nitrogens with zero attached hydrogens (tertiary/aromatic N) is 1. The molecule has 5 rings (SSSR count). The Morgan fingerprint density at radius 2 is 1.59 bits per heavy atom. The van der Waals surface area contributed by atoms with Crippen molar-refractivity contribution >= 4 is 11.6 Å². The lowest BCUT2D eigenvalue weighted by Crippen LogP contribution is -2.22. The number of rotatable bonds is 5. The van der Waals surface area contributed by atoms with Gasteiger partial charge < -0.3 is 10.6 Å². The predicted molar refractivity (Wildman–Crippen MR) is 139 cm³/mol. The van der Waals surface area contributed by atoms with Gasteiger partial charge in [0.2, 0.25) is 0 Å². The van der Waals surface area contributed by atoms with E-state index in [0.717, 1.165) is 53.1 Å². The van der Waals surface area contributed by atoms with E-state index in [4.69, 9.17) is 0 Å². The molecule has 4 aromatic rings. The number of carbonyl (C=O) groups excluding carboxylic acids is 1. The standard InChI is InChI=1S/C30H29N3O/c34-30(33-28-17-9-19-32-29(28)25-12-6-7-18-31-21-25)24-14-8-13-23(20-24)27-16-5-4-15-26(27)22-10-2-1-3-11-22/h1-5,8-11,13-17,19-20,25,31H,6-7,12,18,21H2,(H,33,34). The Labute approximate surface area is 201 Å². The number of hydrogen-bond donors (Lipinski definition) is 2. The molecule has 1 aromatic heterocycles. The zero-order valence-corrected chi connectivity index (χ0v) is 19.2. The molecule has 4 nitrogen and oxygen atoms in total. The van der Waals surface area contributed by atoms with Crippen molar-refractivity contribution in [2.45, 2.75) is 25.2 Å². The summed E-state index contributed by atoms with van der Waals surface area (Å²) >= 11 is 0. The average molecular weight is 448 g/mol. The largest absolute Gasteiger partial charge is 0.320 e. The fraction of sp³-hybridized carbons (Fsp3) is 0.200. The van der Waals surface area contributed by atoms with Gasteiger partial charge in [0, 0.05) is 24.2 Å². The molecule has 0 saturated carbocycles. The highest BCUT2D eigenvalue weighted by Gasteiger charge is 2.20. The minimum Gasteiger partial charge on any atom is -0.320 e.